The monoisotopic (exact) mass is 574 g/mol. The number of aryl methyl sites for hydroxylation is 1. The van der Waals surface area contributed by atoms with Crippen LogP contribution in [0, 0.1) is 0 Å². The Balaban J connectivity index is 1.66. The number of rotatable bonds is 9. The van der Waals surface area contributed by atoms with Crippen molar-refractivity contribution in [3.63, 3.8) is 0 Å². The van der Waals surface area contributed by atoms with E-state index in [0.29, 0.717) is 72.2 Å². The number of carbonyl (C=O) groups is 1. The summed E-state index contributed by atoms with van der Waals surface area (Å²) in [7, 11) is 3.00. The van der Waals surface area contributed by atoms with E-state index >= 15 is 0 Å². The van der Waals surface area contributed by atoms with Crippen LogP contribution in [0.3, 0.4) is 0 Å². The van der Waals surface area contributed by atoms with E-state index < -0.39 is 17.3 Å². The molecule has 0 radical (unpaired) electrons. The first kappa shape index (κ1) is 28.7. The lowest BCUT2D eigenvalue weighted by atomic mass is 10.1. The second kappa shape index (κ2) is 12.7. The number of para-hydroxylation sites is 1. The SMILES string of the molecule is CCCCc1nc(=O)c(C(=O)N2CCN(Cc3cccc(Cl)c3Cl)CC2)c(O)n1-c1c(OC)cccc1OC. The first-order valence-electron chi connectivity index (χ1n) is 12.8. The molecule has 11 heteroatoms. The molecule has 4 rings (SSSR count). The van der Waals surface area contributed by atoms with Gasteiger partial charge in [-0.2, -0.15) is 4.98 Å². The van der Waals surface area contributed by atoms with E-state index in [0.717, 1.165) is 18.4 Å². The average molecular weight is 575 g/mol. The maximum atomic E-state index is 13.6. The second-order valence-electron chi connectivity index (χ2n) is 9.26. The Morgan fingerprint density at radius 1 is 1.03 bits per heavy atom. The number of benzene rings is 2. The minimum absolute atomic E-state index is 0.321. The highest BCUT2D eigenvalue weighted by atomic mass is 35.5. The van der Waals surface area contributed by atoms with Crippen LogP contribution in [0.1, 0.15) is 41.5 Å². The third kappa shape index (κ3) is 6.00. The first-order valence-corrected chi connectivity index (χ1v) is 13.6. The van der Waals surface area contributed by atoms with Crippen molar-refractivity contribution in [1.29, 1.82) is 0 Å². The molecule has 1 aromatic heterocycles. The molecule has 1 fully saturated rings. The van der Waals surface area contributed by atoms with Gasteiger partial charge in [0.1, 0.15) is 23.0 Å². The Morgan fingerprint density at radius 2 is 1.67 bits per heavy atom. The summed E-state index contributed by atoms with van der Waals surface area (Å²) in [6, 6.07) is 10.7. The number of aromatic hydroxyl groups is 1. The highest BCUT2D eigenvalue weighted by Crippen LogP contribution is 2.36. The van der Waals surface area contributed by atoms with Gasteiger partial charge in [0.25, 0.3) is 11.5 Å². The van der Waals surface area contributed by atoms with E-state index in [1.165, 1.54) is 18.8 Å². The zero-order chi connectivity index (χ0) is 28.1. The lowest BCUT2D eigenvalue weighted by Crippen LogP contribution is -2.49. The Hall–Kier alpha value is -3.27. The Bertz CT molecular complexity index is 1380. The average Bonchev–Trinajstić information content (AvgIpc) is 2.94. The van der Waals surface area contributed by atoms with E-state index in [-0.39, 0.29) is 5.56 Å². The molecule has 0 bridgehead atoms. The number of hydrogen-bond acceptors (Lipinski definition) is 7. The topological polar surface area (TPSA) is 97.1 Å². The summed E-state index contributed by atoms with van der Waals surface area (Å²) in [6.45, 7) is 4.46. The molecule has 0 aliphatic carbocycles. The highest BCUT2D eigenvalue weighted by molar-refractivity contribution is 6.42. The predicted molar refractivity (Wildman–Crippen MR) is 151 cm³/mol. The molecule has 1 N–H and O–H groups in total. The zero-order valence-corrected chi connectivity index (χ0v) is 23.8. The van der Waals surface area contributed by atoms with Crippen molar-refractivity contribution >= 4 is 29.1 Å². The van der Waals surface area contributed by atoms with Crippen molar-refractivity contribution in [2.24, 2.45) is 0 Å². The number of piperazine rings is 1. The number of ether oxygens (including phenoxy) is 2. The Labute approximate surface area is 237 Å². The summed E-state index contributed by atoms with van der Waals surface area (Å²) < 4.78 is 12.5. The summed E-state index contributed by atoms with van der Waals surface area (Å²) >= 11 is 12.5. The molecule has 3 aromatic rings. The Kier molecular flexibility index (Phi) is 9.37. The molecule has 1 aliphatic heterocycles. The lowest BCUT2D eigenvalue weighted by Gasteiger charge is -2.35. The van der Waals surface area contributed by atoms with Crippen molar-refractivity contribution in [3.8, 4) is 23.1 Å². The minimum Gasteiger partial charge on any atom is -0.494 e. The molecule has 2 aromatic carbocycles. The van der Waals surface area contributed by atoms with Gasteiger partial charge in [-0.05, 0) is 30.2 Å². The van der Waals surface area contributed by atoms with Crippen LogP contribution in [0.25, 0.3) is 5.69 Å². The summed E-state index contributed by atoms with van der Waals surface area (Å²) in [5.41, 5.74) is 0.134. The van der Waals surface area contributed by atoms with Gasteiger partial charge in [-0.25, -0.2) is 0 Å². The number of amides is 1. The number of unbranched alkanes of at least 4 members (excludes halogenated alkanes) is 1. The molecule has 2 heterocycles. The maximum Gasteiger partial charge on any atom is 0.289 e. The van der Waals surface area contributed by atoms with Gasteiger partial charge in [0.15, 0.2) is 5.56 Å². The minimum atomic E-state index is -0.762. The van der Waals surface area contributed by atoms with Crippen LogP contribution in [-0.2, 0) is 13.0 Å². The smallest absolute Gasteiger partial charge is 0.289 e. The number of nitrogens with zero attached hydrogens (tertiary/aromatic N) is 4. The molecule has 0 atom stereocenters. The summed E-state index contributed by atoms with van der Waals surface area (Å²) in [6.07, 6.45) is 2.00. The number of hydrogen-bond donors (Lipinski definition) is 1. The largest absolute Gasteiger partial charge is 0.494 e. The van der Waals surface area contributed by atoms with E-state index in [9.17, 15) is 14.7 Å². The van der Waals surface area contributed by atoms with Gasteiger partial charge >= 0.3 is 0 Å². The van der Waals surface area contributed by atoms with Crippen LogP contribution in [-0.4, -0.2) is 70.8 Å². The van der Waals surface area contributed by atoms with E-state index in [1.54, 1.807) is 29.2 Å². The van der Waals surface area contributed by atoms with Gasteiger partial charge in [-0.1, -0.05) is 54.7 Å². The fraction of sp³-hybridized carbons (Fsp3) is 0.393. The lowest BCUT2D eigenvalue weighted by molar-refractivity contribution is 0.0622. The number of halogens is 2. The molecular weight excluding hydrogens is 543 g/mol. The summed E-state index contributed by atoms with van der Waals surface area (Å²) in [4.78, 5) is 34.7. The molecule has 0 unspecified atom stereocenters. The first-order chi connectivity index (χ1) is 18.8. The van der Waals surface area contributed by atoms with Crippen molar-refractivity contribution in [2.75, 3.05) is 40.4 Å². The van der Waals surface area contributed by atoms with Crippen molar-refractivity contribution in [2.45, 2.75) is 32.7 Å². The van der Waals surface area contributed by atoms with E-state index in [4.69, 9.17) is 32.7 Å². The fourth-order valence-electron chi connectivity index (χ4n) is 4.71. The fourth-order valence-corrected chi connectivity index (χ4v) is 5.09. The van der Waals surface area contributed by atoms with Gasteiger partial charge < -0.3 is 19.5 Å². The Morgan fingerprint density at radius 3 is 2.28 bits per heavy atom. The molecule has 1 aliphatic rings. The third-order valence-corrected chi connectivity index (χ3v) is 7.67. The van der Waals surface area contributed by atoms with E-state index in [1.807, 2.05) is 19.1 Å². The van der Waals surface area contributed by atoms with Gasteiger partial charge in [0, 0.05) is 39.1 Å². The van der Waals surface area contributed by atoms with Crippen LogP contribution in [0.5, 0.6) is 17.4 Å². The van der Waals surface area contributed by atoms with Crippen LogP contribution in [0.2, 0.25) is 10.0 Å². The van der Waals surface area contributed by atoms with Gasteiger partial charge in [0.2, 0.25) is 5.88 Å². The quantitative estimate of drug-likeness (QED) is 0.400. The molecular formula is C28H32Cl2N4O5. The van der Waals surface area contributed by atoms with Crippen molar-refractivity contribution < 1.29 is 19.4 Å². The number of aromatic nitrogens is 2. The van der Waals surface area contributed by atoms with Gasteiger partial charge in [-0.15, -0.1) is 0 Å². The molecule has 39 heavy (non-hydrogen) atoms. The van der Waals surface area contributed by atoms with Crippen molar-refractivity contribution in [1.82, 2.24) is 19.4 Å². The van der Waals surface area contributed by atoms with Crippen LogP contribution in [0.15, 0.2) is 41.2 Å². The summed E-state index contributed by atoms with van der Waals surface area (Å²) in [5, 5.41) is 12.5. The normalized spacial score (nSPS) is 13.9. The predicted octanol–water partition coefficient (Wildman–Crippen LogP) is 4.56. The molecule has 208 valence electrons. The highest BCUT2D eigenvalue weighted by Gasteiger charge is 2.31. The standard InChI is InChI=1S/C28H32Cl2N4O5/c1-4-5-12-22-31-26(35)23(28(37)34(22)25-20(38-2)10-7-11-21(25)39-3)27(36)33-15-13-32(14-16-33)17-18-8-6-9-19(29)24(18)30/h6-11,37H,4-5,12-17H2,1-3H3. The van der Waals surface area contributed by atoms with Crippen LogP contribution >= 0.6 is 23.2 Å². The van der Waals surface area contributed by atoms with Gasteiger partial charge in [-0.3, -0.25) is 19.1 Å². The number of methoxy groups -OCH3 is 2. The maximum absolute atomic E-state index is 13.6. The summed E-state index contributed by atoms with van der Waals surface area (Å²) in [5.74, 6) is 0.0677. The van der Waals surface area contributed by atoms with Crippen molar-refractivity contribution in [3.05, 3.63) is 73.7 Å². The zero-order valence-electron chi connectivity index (χ0n) is 22.2. The van der Waals surface area contributed by atoms with Crippen LogP contribution in [0.4, 0.5) is 0 Å². The molecule has 1 saturated heterocycles. The molecule has 0 spiro atoms. The van der Waals surface area contributed by atoms with Gasteiger partial charge in [0.05, 0.1) is 24.3 Å². The molecule has 0 saturated carbocycles. The molecule has 1 amide bonds. The third-order valence-electron chi connectivity index (χ3n) is 6.82. The number of carbonyl (C=O) groups excluding carboxylic acids is 1. The van der Waals surface area contributed by atoms with E-state index in [2.05, 4.69) is 9.88 Å². The second-order valence-corrected chi connectivity index (χ2v) is 10.0. The molecule has 9 nitrogen and oxygen atoms in total. The van der Waals surface area contributed by atoms with Crippen LogP contribution < -0.4 is 15.0 Å².